The van der Waals surface area contributed by atoms with Crippen molar-refractivity contribution in [3.05, 3.63) is 0 Å². The quantitative estimate of drug-likeness (QED) is 0.310. The maximum absolute atomic E-state index is 11.6. The van der Waals surface area contributed by atoms with Crippen molar-refractivity contribution in [2.45, 2.75) is 50.4 Å². The lowest BCUT2D eigenvalue weighted by Gasteiger charge is -2.40. The molecule has 25 heavy (non-hydrogen) atoms. The molecule has 2 amide bonds. The van der Waals surface area contributed by atoms with Gasteiger partial charge in [0.05, 0.1) is 7.11 Å². The van der Waals surface area contributed by atoms with Gasteiger partial charge in [-0.3, -0.25) is 9.59 Å². The molecule has 1 aliphatic rings. The highest BCUT2D eigenvalue weighted by atomic mass is 16.6. The number of esters is 1. The summed E-state index contributed by atoms with van der Waals surface area (Å²) >= 11 is 0. The van der Waals surface area contributed by atoms with Crippen LogP contribution < -0.4 is 10.6 Å². The van der Waals surface area contributed by atoms with E-state index in [0.717, 1.165) is 7.11 Å². The van der Waals surface area contributed by atoms with Crippen LogP contribution in [0.4, 0.5) is 4.79 Å². The van der Waals surface area contributed by atoms with Gasteiger partial charge in [0.15, 0.2) is 6.29 Å². The first-order valence-electron chi connectivity index (χ1n) is 7.76. The molecule has 0 saturated carbocycles. The van der Waals surface area contributed by atoms with Crippen LogP contribution in [0.15, 0.2) is 0 Å². The van der Waals surface area contributed by atoms with Crippen molar-refractivity contribution in [2.75, 3.05) is 20.3 Å². The maximum Gasteiger partial charge on any atom is 0.407 e. The third-order valence-electron chi connectivity index (χ3n) is 3.51. The summed E-state index contributed by atoms with van der Waals surface area (Å²) in [5.41, 5.74) is 0. The molecular weight excluding hydrogens is 340 g/mol. The molecular formula is C14H24N2O9. The summed E-state index contributed by atoms with van der Waals surface area (Å²) in [5, 5.41) is 34.4. The van der Waals surface area contributed by atoms with Gasteiger partial charge in [-0.05, 0) is 6.42 Å². The van der Waals surface area contributed by atoms with E-state index in [1.54, 1.807) is 6.92 Å². The molecule has 1 aliphatic heterocycles. The molecule has 0 aromatic heterocycles. The van der Waals surface area contributed by atoms with E-state index < -0.39 is 61.8 Å². The van der Waals surface area contributed by atoms with Crippen LogP contribution in [-0.2, 0) is 23.8 Å². The lowest BCUT2D eigenvalue weighted by atomic mass is 9.97. The van der Waals surface area contributed by atoms with E-state index in [2.05, 4.69) is 15.4 Å². The molecule has 11 heteroatoms. The Morgan fingerprint density at radius 1 is 1.16 bits per heavy atom. The van der Waals surface area contributed by atoms with Crippen molar-refractivity contribution in [3.8, 4) is 0 Å². The number of methoxy groups -OCH3 is 1. The lowest BCUT2D eigenvalue weighted by molar-refractivity contribution is -0.253. The van der Waals surface area contributed by atoms with Crippen LogP contribution in [0.5, 0.6) is 0 Å². The second kappa shape index (κ2) is 10.1. The minimum absolute atomic E-state index is 0.193. The van der Waals surface area contributed by atoms with Gasteiger partial charge in [0.1, 0.15) is 37.5 Å². The first kappa shape index (κ1) is 21.1. The lowest BCUT2D eigenvalue weighted by Crippen LogP contribution is -2.64. The molecule has 0 spiro atoms. The summed E-state index contributed by atoms with van der Waals surface area (Å²) in [6.07, 6.45) is -6.03. The summed E-state index contributed by atoms with van der Waals surface area (Å²) in [7, 11) is 1.15. The minimum Gasteiger partial charge on any atom is -0.468 e. The number of hydrogen-bond acceptors (Lipinski definition) is 9. The van der Waals surface area contributed by atoms with E-state index in [9.17, 15) is 29.7 Å². The van der Waals surface area contributed by atoms with Crippen molar-refractivity contribution >= 4 is 18.0 Å². The summed E-state index contributed by atoms with van der Waals surface area (Å²) in [6.45, 7) is 0.898. The van der Waals surface area contributed by atoms with E-state index in [1.165, 1.54) is 0 Å². The average molecular weight is 364 g/mol. The highest BCUT2D eigenvalue weighted by Crippen LogP contribution is 2.20. The van der Waals surface area contributed by atoms with Crippen LogP contribution in [-0.4, -0.2) is 84.2 Å². The molecule has 1 saturated heterocycles. The molecule has 0 radical (unpaired) electrons. The summed E-state index contributed by atoms with van der Waals surface area (Å²) in [4.78, 5) is 33.8. The predicted octanol–water partition coefficient (Wildman–Crippen LogP) is -2.39. The highest BCUT2D eigenvalue weighted by Gasteiger charge is 2.44. The smallest absolute Gasteiger partial charge is 0.407 e. The molecule has 1 rings (SSSR count). The number of nitrogens with one attached hydrogen (secondary N) is 2. The molecule has 0 bridgehead atoms. The van der Waals surface area contributed by atoms with Crippen molar-refractivity contribution < 1.29 is 43.9 Å². The van der Waals surface area contributed by atoms with Gasteiger partial charge in [-0.25, -0.2) is 4.79 Å². The number of carbonyl (C=O) groups is 3. The second-order valence-corrected chi connectivity index (χ2v) is 5.42. The summed E-state index contributed by atoms with van der Waals surface area (Å²) < 4.78 is 14.2. The maximum atomic E-state index is 11.6. The monoisotopic (exact) mass is 364 g/mol. The van der Waals surface area contributed by atoms with Crippen LogP contribution >= 0.6 is 0 Å². The fourth-order valence-electron chi connectivity index (χ4n) is 2.15. The van der Waals surface area contributed by atoms with Gasteiger partial charge >= 0.3 is 12.1 Å². The topological polar surface area (TPSA) is 164 Å². The molecule has 0 aromatic carbocycles. The van der Waals surface area contributed by atoms with Crippen molar-refractivity contribution in [3.63, 3.8) is 0 Å². The van der Waals surface area contributed by atoms with Crippen LogP contribution in [0.25, 0.3) is 0 Å². The largest absolute Gasteiger partial charge is 0.468 e. The van der Waals surface area contributed by atoms with Crippen molar-refractivity contribution in [2.24, 2.45) is 0 Å². The Morgan fingerprint density at radius 2 is 1.84 bits per heavy atom. The zero-order valence-corrected chi connectivity index (χ0v) is 14.0. The number of alkyl carbamates (subject to hydrolysis) is 1. The second-order valence-electron chi connectivity index (χ2n) is 5.42. The molecule has 2 unspecified atom stereocenters. The van der Waals surface area contributed by atoms with Crippen LogP contribution in [0.3, 0.4) is 0 Å². The van der Waals surface area contributed by atoms with E-state index in [-0.39, 0.29) is 6.42 Å². The highest BCUT2D eigenvalue weighted by molar-refractivity contribution is 5.77. The zero-order valence-electron chi connectivity index (χ0n) is 14.0. The fraction of sp³-hybridized carbons (Fsp3) is 0.786. The Labute approximate surface area is 144 Å². The number of hydrogen-bond donors (Lipinski definition) is 5. The van der Waals surface area contributed by atoms with Gasteiger partial charge in [-0.15, -0.1) is 0 Å². The van der Waals surface area contributed by atoms with Crippen LogP contribution in [0, 0.1) is 0 Å². The third-order valence-corrected chi connectivity index (χ3v) is 3.51. The molecule has 11 nitrogen and oxygen atoms in total. The third kappa shape index (κ3) is 6.46. The summed E-state index contributed by atoms with van der Waals surface area (Å²) in [6, 6.07) is -1.21. The SMILES string of the molecule is CCCC(=O)N[C@H]1C(O)OC(COC(=O)NCC(=O)OC)[C@@H](O)[C@@H]1O. The Morgan fingerprint density at radius 3 is 2.44 bits per heavy atom. The van der Waals surface area contributed by atoms with Crippen LogP contribution in [0.2, 0.25) is 0 Å². The Hall–Kier alpha value is -1.95. The molecule has 5 N–H and O–H groups in total. The van der Waals surface area contributed by atoms with Gasteiger partial charge in [-0.1, -0.05) is 6.92 Å². The van der Waals surface area contributed by atoms with Gasteiger partial charge in [0.2, 0.25) is 5.91 Å². The standard InChI is InChI=1S/C14H24N2O9/c1-3-4-8(17)16-10-12(20)11(19)7(25-13(10)21)6-24-14(22)15-5-9(18)23-2/h7,10-13,19-21H,3-6H2,1-2H3,(H,15,22)(H,16,17)/t7?,10-,11-,12-,13?/m1/s1. The van der Waals surface area contributed by atoms with Crippen molar-refractivity contribution in [1.82, 2.24) is 10.6 Å². The van der Waals surface area contributed by atoms with E-state index >= 15 is 0 Å². The minimum atomic E-state index is -1.59. The number of aliphatic hydroxyl groups is 3. The van der Waals surface area contributed by atoms with Gasteiger partial charge in [0, 0.05) is 6.42 Å². The molecule has 5 atom stereocenters. The number of ether oxygens (including phenoxy) is 3. The molecule has 0 aliphatic carbocycles. The average Bonchev–Trinajstić information content (AvgIpc) is 2.58. The number of carbonyl (C=O) groups excluding carboxylic acids is 3. The Kier molecular flexibility index (Phi) is 8.55. The van der Waals surface area contributed by atoms with E-state index in [0.29, 0.717) is 6.42 Å². The Balaban J connectivity index is 2.49. The number of amides is 2. The van der Waals surface area contributed by atoms with Crippen molar-refractivity contribution in [1.29, 1.82) is 0 Å². The number of aliphatic hydroxyl groups excluding tert-OH is 3. The molecule has 1 fully saturated rings. The van der Waals surface area contributed by atoms with E-state index in [1.807, 2.05) is 0 Å². The first-order valence-corrected chi connectivity index (χ1v) is 7.76. The molecule has 0 aromatic rings. The number of rotatable bonds is 7. The van der Waals surface area contributed by atoms with E-state index in [4.69, 9.17) is 9.47 Å². The summed E-state index contributed by atoms with van der Waals surface area (Å²) in [5.74, 6) is -1.08. The van der Waals surface area contributed by atoms with Crippen LogP contribution in [0.1, 0.15) is 19.8 Å². The normalized spacial score (nSPS) is 28.8. The predicted molar refractivity (Wildman–Crippen MR) is 81.1 cm³/mol. The van der Waals surface area contributed by atoms with Gasteiger partial charge < -0.3 is 40.2 Å². The first-order chi connectivity index (χ1) is 11.8. The fourth-order valence-corrected chi connectivity index (χ4v) is 2.15. The molecule has 1 heterocycles. The van der Waals surface area contributed by atoms with Gasteiger partial charge in [-0.2, -0.15) is 0 Å². The molecule has 144 valence electrons. The van der Waals surface area contributed by atoms with Gasteiger partial charge in [0.25, 0.3) is 0 Å². The zero-order chi connectivity index (χ0) is 19.0. The Bertz CT molecular complexity index is 473.